The van der Waals surface area contributed by atoms with Gasteiger partial charge in [-0.05, 0) is 42.7 Å². The first-order valence-corrected chi connectivity index (χ1v) is 8.68. The zero-order valence-electron chi connectivity index (χ0n) is 15.9. The van der Waals surface area contributed by atoms with Crippen LogP contribution in [0.25, 0.3) is 5.69 Å². The van der Waals surface area contributed by atoms with Crippen molar-refractivity contribution in [3.8, 4) is 11.4 Å². The Kier molecular flexibility index (Phi) is 5.12. The normalized spacial score (nSPS) is 10.9. The number of carbonyl (C=O) groups is 1. The van der Waals surface area contributed by atoms with Crippen LogP contribution in [0.2, 0.25) is 0 Å². The number of carbonyl (C=O) groups excluding carboxylic acids is 1. The van der Waals surface area contributed by atoms with Gasteiger partial charge < -0.3 is 15.8 Å². The number of amides is 1. The van der Waals surface area contributed by atoms with Gasteiger partial charge in [-0.1, -0.05) is 32.0 Å². The summed E-state index contributed by atoms with van der Waals surface area (Å²) >= 11 is 0. The number of methoxy groups -OCH3 is 1. The van der Waals surface area contributed by atoms with Crippen LogP contribution in [0.5, 0.6) is 5.75 Å². The number of benzene rings is 2. The zero-order chi connectivity index (χ0) is 19.6. The maximum absolute atomic E-state index is 12.6. The Balaban J connectivity index is 1.88. The Morgan fingerprint density at radius 3 is 2.63 bits per heavy atom. The number of hydrogen-bond donors (Lipinski definition) is 2. The van der Waals surface area contributed by atoms with Gasteiger partial charge in [0, 0.05) is 5.69 Å². The highest BCUT2D eigenvalue weighted by Crippen LogP contribution is 2.25. The molecule has 0 bridgehead atoms. The Bertz CT molecular complexity index is 978. The molecule has 0 aliphatic heterocycles. The molecule has 1 heterocycles. The molecule has 1 aromatic heterocycles. The van der Waals surface area contributed by atoms with Crippen molar-refractivity contribution < 1.29 is 9.53 Å². The van der Waals surface area contributed by atoms with Crippen molar-refractivity contribution >= 4 is 17.3 Å². The van der Waals surface area contributed by atoms with E-state index in [0.717, 1.165) is 11.3 Å². The number of para-hydroxylation sites is 1. The summed E-state index contributed by atoms with van der Waals surface area (Å²) in [6.45, 7) is 6.06. The van der Waals surface area contributed by atoms with Crippen LogP contribution < -0.4 is 15.8 Å². The second-order valence-electron chi connectivity index (χ2n) is 6.52. The first kappa shape index (κ1) is 18.4. The largest absolute Gasteiger partial charge is 0.495 e. The second-order valence-corrected chi connectivity index (χ2v) is 6.52. The number of aromatic nitrogens is 3. The highest BCUT2D eigenvalue weighted by Gasteiger charge is 2.18. The minimum Gasteiger partial charge on any atom is -0.495 e. The molecule has 0 saturated heterocycles. The smallest absolute Gasteiger partial charge is 0.295 e. The average Bonchev–Trinajstić information content (AvgIpc) is 3.03. The van der Waals surface area contributed by atoms with E-state index in [-0.39, 0.29) is 5.82 Å². The summed E-state index contributed by atoms with van der Waals surface area (Å²) in [5.74, 6) is 1.22. The van der Waals surface area contributed by atoms with Gasteiger partial charge in [-0.3, -0.25) is 4.79 Å². The lowest BCUT2D eigenvalue weighted by atomic mass is 10.0. The number of rotatable bonds is 5. The average molecular weight is 365 g/mol. The van der Waals surface area contributed by atoms with E-state index >= 15 is 0 Å². The number of nitrogens with one attached hydrogen (secondary N) is 1. The molecule has 3 N–H and O–H groups in total. The molecule has 27 heavy (non-hydrogen) atoms. The molecular formula is C20H23N5O2. The maximum Gasteiger partial charge on any atom is 0.295 e. The third-order valence-corrected chi connectivity index (χ3v) is 4.25. The van der Waals surface area contributed by atoms with E-state index in [1.165, 1.54) is 7.11 Å². The predicted molar refractivity (Wildman–Crippen MR) is 106 cm³/mol. The summed E-state index contributed by atoms with van der Waals surface area (Å²) < 4.78 is 6.82. The van der Waals surface area contributed by atoms with Crippen LogP contribution in [-0.4, -0.2) is 27.8 Å². The summed E-state index contributed by atoms with van der Waals surface area (Å²) in [6.07, 6.45) is 0. The molecule has 0 atom stereocenters. The number of anilines is 2. The molecule has 0 unspecified atom stereocenters. The number of aryl methyl sites for hydroxylation is 1. The molecule has 7 heteroatoms. The lowest BCUT2D eigenvalue weighted by molar-refractivity contribution is 0.101. The number of nitrogens with two attached hydrogens (primary N) is 1. The second kappa shape index (κ2) is 7.49. The molecule has 0 aliphatic rings. The molecule has 0 saturated carbocycles. The van der Waals surface area contributed by atoms with Crippen LogP contribution in [0.15, 0.2) is 42.5 Å². The van der Waals surface area contributed by atoms with Crippen molar-refractivity contribution in [2.24, 2.45) is 0 Å². The van der Waals surface area contributed by atoms with Crippen LogP contribution in [0, 0.1) is 6.92 Å². The van der Waals surface area contributed by atoms with Gasteiger partial charge in [0.25, 0.3) is 5.91 Å². The topological polar surface area (TPSA) is 95.1 Å². The van der Waals surface area contributed by atoms with E-state index in [1.54, 1.807) is 22.9 Å². The van der Waals surface area contributed by atoms with Gasteiger partial charge in [-0.15, -0.1) is 5.10 Å². The van der Waals surface area contributed by atoms with Crippen LogP contribution >= 0.6 is 0 Å². The van der Waals surface area contributed by atoms with Gasteiger partial charge in [0.15, 0.2) is 0 Å². The van der Waals surface area contributed by atoms with Gasteiger partial charge in [-0.25, -0.2) is 9.67 Å². The number of nitrogens with zero attached hydrogens (tertiary/aromatic N) is 3. The van der Waals surface area contributed by atoms with E-state index in [0.29, 0.717) is 28.9 Å². The third-order valence-electron chi connectivity index (χ3n) is 4.25. The third kappa shape index (κ3) is 3.76. The van der Waals surface area contributed by atoms with E-state index < -0.39 is 5.91 Å². The molecular weight excluding hydrogens is 342 g/mol. The number of ether oxygens (including phenoxy) is 1. The monoisotopic (exact) mass is 365 g/mol. The summed E-state index contributed by atoms with van der Waals surface area (Å²) in [5.41, 5.74) is 8.94. The van der Waals surface area contributed by atoms with Crippen molar-refractivity contribution in [2.75, 3.05) is 18.2 Å². The van der Waals surface area contributed by atoms with Crippen LogP contribution in [-0.2, 0) is 0 Å². The molecule has 3 aromatic rings. The Hall–Kier alpha value is -3.35. The zero-order valence-corrected chi connectivity index (χ0v) is 15.9. The lowest BCUT2D eigenvalue weighted by Crippen LogP contribution is -2.14. The van der Waals surface area contributed by atoms with Crippen molar-refractivity contribution in [1.29, 1.82) is 0 Å². The van der Waals surface area contributed by atoms with E-state index in [4.69, 9.17) is 10.5 Å². The van der Waals surface area contributed by atoms with Crippen molar-refractivity contribution in [2.45, 2.75) is 26.7 Å². The fourth-order valence-electron chi connectivity index (χ4n) is 2.88. The molecule has 2 aromatic carbocycles. The van der Waals surface area contributed by atoms with Crippen LogP contribution in [0.3, 0.4) is 0 Å². The van der Waals surface area contributed by atoms with Gasteiger partial charge in [0.2, 0.25) is 5.82 Å². The molecule has 3 rings (SSSR count). The summed E-state index contributed by atoms with van der Waals surface area (Å²) in [5, 5.41) is 7.18. The highest BCUT2D eigenvalue weighted by atomic mass is 16.5. The molecule has 140 valence electrons. The SMILES string of the molecule is COc1ccc(NC(=O)c2nc(C)n(-c3ccccc3C(C)C)n2)cc1N. The minimum absolute atomic E-state index is 0.0976. The molecule has 0 spiro atoms. The first-order valence-electron chi connectivity index (χ1n) is 8.68. The summed E-state index contributed by atoms with van der Waals surface area (Å²) in [4.78, 5) is 16.9. The highest BCUT2D eigenvalue weighted by molar-refractivity contribution is 6.01. The molecule has 7 nitrogen and oxygen atoms in total. The number of nitrogen functional groups attached to an aromatic ring is 1. The van der Waals surface area contributed by atoms with Gasteiger partial charge in [0.05, 0.1) is 18.5 Å². The maximum atomic E-state index is 12.6. The van der Waals surface area contributed by atoms with Crippen LogP contribution in [0.4, 0.5) is 11.4 Å². The van der Waals surface area contributed by atoms with E-state index in [1.807, 2.05) is 25.1 Å². The Morgan fingerprint density at radius 2 is 1.96 bits per heavy atom. The van der Waals surface area contributed by atoms with Gasteiger partial charge in [-0.2, -0.15) is 0 Å². The van der Waals surface area contributed by atoms with E-state index in [2.05, 4.69) is 35.3 Å². The lowest BCUT2D eigenvalue weighted by Gasteiger charge is -2.12. The Labute approximate surface area is 158 Å². The summed E-state index contributed by atoms with van der Waals surface area (Å²) in [6, 6.07) is 13.0. The first-order chi connectivity index (χ1) is 12.9. The van der Waals surface area contributed by atoms with Gasteiger partial charge in [0.1, 0.15) is 11.6 Å². The van der Waals surface area contributed by atoms with Gasteiger partial charge >= 0.3 is 0 Å². The van der Waals surface area contributed by atoms with Crippen molar-refractivity contribution in [1.82, 2.24) is 14.8 Å². The van der Waals surface area contributed by atoms with Crippen LogP contribution in [0.1, 0.15) is 41.8 Å². The molecule has 1 amide bonds. The Morgan fingerprint density at radius 1 is 1.22 bits per heavy atom. The molecule has 0 fully saturated rings. The summed E-state index contributed by atoms with van der Waals surface area (Å²) in [7, 11) is 1.54. The fraction of sp³-hybridized carbons (Fsp3) is 0.250. The fourth-order valence-corrected chi connectivity index (χ4v) is 2.88. The molecule has 0 aliphatic carbocycles. The van der Waals surface area contributed by atoms with E-state index in [9.17, 15) is 4.79 Å². The molecule has 0 radical (unpaired) electrons. The van der Waals surface area contributed by atoms with Crippen molar-refractivity contribution in [3.05, 3.63) is 59.7 Å². The number of hydrogen-bond acceptors (Lipinski definition) is 5. The quantitative estimate of drug-likeness (QED) is 0.674. The minimum atomic E-state index is -0.400. The predicted octanol–water partition coefficient (Wildman–Crippen LogP) is 3.54. The standard InChI is InChI=1S/C20H23N5O2/c1-12(2)15-7-5-6-8-17(15)25-13(3)22-19(24-25)20(26)23-14-9-10-18(27-4)16(21)11-14/h5-12H,21H2,1-4H3,(H,23,26). The van der Waals surface area contributed by atoms with Crippen molar-refractivity contribution in [3.63, 3.8) is 0 Å².